The summed E-state index contributed by atoms with van der Waals surface area (Å²) >= 11 is 1.37. The van der Waals surface area contributed by atoms with E-state index in [9.17, 15) is 8.78 Å². The molecule has 0 aliphatic carbocycles. The zero-order chi connectivity index (χ0) is 16.7. The van der Waals surface area contributed by atoms with Crippen molar-refractivity contribution < 1.29 is 8.78 Å². The molecular formula is C19H23F2NS. The normalized spacial score (nSPS) is 11.0. The van der Waals surface area contributed by atoms with Gasteiger partial charge in [0.1, 0.15) is 11.6 Å². The third-order valence-electron chi connectivity index (χ3n) is 3.81. The minimum absolute atomic E-state index is 0.0205. The molecule has 0 aliphatic rings. The van der Waals surface area contributed by atoms with Gasteiger partial charge < -0.3 is 5.73 Å². The molecule has 0 aliphatic heterocycles. The van der Waals surface area contributed by atoms with Crippen LogP contribution in [0.4, 0.5) is 8.78 Å². The maximum atomic E-state index is 13.8. The van der Waals surface area contributed by atoms with E-state index in [1.54, 1.807) is 0 Å². The van der Waals surface area contributed by atoms with E-state index in [1.165, 1.54) is 35.0 Å². The van der Waals surface area contributed by atoms with Crippen LogP contribution in [0.2, 0.25) is 0 Å². The highest BCUT2D eigenvalue weighted by Crippen LogP contribution is 2.26. The van der Waals surface area contributed by atoms with Gasteiger partial charge in [0.2, 0.25) is 0 Å². The first-order chi connectivity index (χ1) is 11.1. The Hall–Kier alpha value is -1.39. The van der Waals surface area contributed by atoms with Crippen LogP contribution in [0.5, 0.6) is 0 Å². The largest absolute Gasteiger partial charge is 0.326 e. The van der Waals surface area contributed by atoms with Gasteiger partial charge in [0, 0.05) is 17.0 Å². The summed E-state index contributed by atoms with van der Waals surface area (Å²) in [6, 6.07) is 11.1. The lowest BCUT2D eigenvalue weighted by atomic mass is 10.1. The molecule has 0 unspecified atom stereocenters. The highest BCUT2D eigenvalue weighted by atomic mass is 32.2. The molecule has 0 bridgehead atoms. The predicted octanol–water partition coefficient (Wildman–Crippen LogP) is 5.24. The highest BCUT2D eigenvalue weighted by Gasteiger charge is 2.09. The number of nitrogens with two attached hydrogens (primary N) is 1. The van der Waals surface area contributed by atoms with Crippen LogP contribution in [0, 0.1) is 18.6 Å². The fraction of sp³-hybridized carbons (Fsp3) is 0.368. The molecule has 2 N–H and O–H groups in total. The zero-order valence-electron chi connectivity index (χ0n) is 13.4. The van der Waals surface area contributed by atoms with Crippen molar-refractivity contribution >= 4 is 11.8 Å². The van der Waals surface area contributed by atoms with E-state index in [4.69, 9.17) is 5.73 Å². The Labute approximate surface area is 141 Å². The van der Waals surface area contributed by atoms with Crippen LogP contribution in [-0.4, -0.2) is 5.75 Å². The van der Waals surface area contributed by atoms with Crippen LogP contribution in [0.15, 0.2) is 41.3 Å². The van der Waals surface area contributed by atoms with Crippen LogP contribution < -0.4 is 5.73 Å². The average Bonchev–Trinajstić information content (AvgIpc) is 2.55. The van der Waals surface area contributed by atoms with Crippen molar-refractivity contribution in [3.05, 3.63) is 64.7 Å². The molecule has 0 amide bonds. The predicted molar refractivity (Wildman–Crippen MR) is 93.7 cm³/mol. The highest BCUT2D eigenvalue weighted by molar-refractivity contribution is 7.99. The summed E-state index contributed by atoms with van der Waals surface area (Å²) in [5, 5.41) is 0. The summed E-state index contributed by atoms with van der Waals surface area (Å²) in [6.45, 7) is 2.11. The maximum absolute atomic E-state index is 13.8. The molecule has 23 heavy (non-hydrogen) atoms. The van der Waals surface area contributed by atoms with Crippen LogP contribution in [-0.2, 0) is 13.0 Å². The quantitative estimate of drug-likeness (QED) is 0.527. The second-order valence-electron chi connectivity index (χ2n) is 5.72. The monoisotopic (exact) mass is 335 g/mol. The van der Waals surface area contributed by atoms with E-state index in [-0.39, 0.29) is 17.9 Å². The average molecular weight is 335 g/mol. The second-order valence-corrected chi connectivity index (χ2v) is 6.86. The number of hydrogen-bond acceptors (Lipinski definition) is 2. The summed E-state index contributed by atoms with van der Waals surface area (Å²) in [4.78, 5) is 0.373. The van der Waals surface area contributed by atoms with Crippen molar-refractivity contribution in [3.63, 3.8) is 0 Å². The van der Waals surface area contributed by atoms with Crippen LogP contribution >= 0.6 is 11.8 Å². The lowest BCUT2D eigenvalue weighted by Crippen LogP contribution is -2.01. The number of halogens is 2. The van der Waals surface area contributed by atoms with Gasteiger partial charge in [-0.1, -0.05) is 36.2 Å². The molecule has 0 heterocycles. The van der Waals surface area contributed by atoms with Crippen molar-refractivity contribution in [2.75, 3.05) is 5.75 Å². The topological polar surface area (TPSA) is 26.0 Å². The van der Waals surface area contributed by atoms with Crippen LogP contribution in [0.25, 0.3) is 0 Å². The summed E-state index contributed by atoms with van der Waals surface area (Å²) in [5.41, 5.74) is 8.23. The first-order valence-corrected chi connectivity index (χ1v) is 8.95. The number of thioether (sulfide) groups is 1. The van der Waals surface area contributed by atoms with Gasteiger partial charge in [-0.05, 0) is 49.6 Å². The lowest BCUT2D eigenvalue weighted by Gasteiger charge is -2.07. The molecule has 0 fully saturated rings. The van der Waals surface area contributed by atoms with Gasteiger partial charge in [0.15, 0.2) is 0 Å². The van der Waals surface area contributed by atoms with Crippen molar-refractivity contribution in [1.29, 1.82) is 0 Å². The number of benzene rings is 2. The molecule has 0 spiro atoms. The molecule has 0 atom stereocenters. The van der Waals surface area contributed by atoms with Gasteiger partial charge in [0.25, 0.3) is 0 Å². The van der Waals surface area contributed by atoms with Crippen molar-refractivity contribution in [2.24, 2.45) is 5.73 Å². The van der Waals surface area contributed by atoms with Gasteiger partial charge in [0.05, 0.1) is 0 Å². The van der Waals surface area contributed by atoms with Crippen LogP contribution in [0.3, 0.4) is 0 Å². The Balaban J connectivity index is 1.69. The van der Waals surface area contributed by atoms with E-state index < -0.39 is 5.82 Å². The van der Waals surface area contributed by atoms with E-state index in [0.29, 0.717) is 4.90 Å². The first-order valence-electron chi connectivity index (χ1n) is 7.96. The van der Waals surface area contributed by atoms with Gasteiger partial charge >= 0.3 is 0 Å². The standard InChI is InChI=1S/C19H23F2NS/c1-14-6-8-15(9-7-14)5-3-2-4-10-23-19-12-17(20)16(13-22)11-18(19)21/h6-9,11-12H,2-5,10,13,22H2,1H3. The molecule has 4 heteroatoms. The molecule has 2 aromatic rings. The first kappa shape index (κ1) is 18.0. The Bertz CT molecular complexity index is 626. The van der Waals surface area contributed by atoms with E-state index in [1.807, 2.05) is 0 Å². The maximum Gasteiger partial charge on any atom is 0.137 e. The smallest absolute Gasteiger partial charge is 0.137 e. The number of hydrogen-bond donors (Lipinski definition) is 1. The summed E-state index contributed by atoms with van der Waals surface area (Å²) in [6.07, 6.45) is 4.27. The Morgan fingerprint density at radius 1 is 0.957 bits per heavy atom. The van der Waals surface area contributed by atoms with Crippen molar-refractivity contribution in [3.8, 4) is 0 Å². The van der Waals surface area contributed by atoms with Gasteiger partial charge in [-0.3, -0.25) is 0 Å². The van der Waals surface area contributed by atoms with Gasteiger partial charge in [-0.25, -0.2) is 8.78 Å². The van der Waals surface area contributed by atoms with E-state index in [2.05, 4.69) is 31.2 Å². The Morgan fingerprint density at radius 3 is 2.39 bits per heavy atom. The van der Waals surface area contributed by atoms with Crippen molar-refractivity contribution in [1.82, 2.24) is 0 Å². The molecular weight excluding hydrogens is 312 g/mol. The summed E-state index contributed by atoms with van der Waals surface area (Å²) in [5.74, 6) is -0.000971. The Morgan fingerprint density at radius 2 is 1.70 bits per heavy atom. The Kier molecular flexibility index (Phi) is 7.06. The fourth-order valence-electron chi connectivity index (χ4n) is 2.38. The van der Waals surface area contributed by atoms with E-state index >= 15 is 0 Å². The third-order valence-corrected chi connectivity index (χ3v) is 4.93. The minimum Gasteiger partial charge on any atom is -0.326 e. The third kappa shape index (κ3) is 5.63. The fourth-order valence-corrected chi connectivity index (χ4v) is 3.33. The molecule has 124 valence electrons. The second kappa shape index (κ2) is 9.04. The molecule has 2 rings (SSSR count). The number of unbranched alkanes of at least 4 members (excludes halogenated alkanes) is 2. The van der Waals surface area contributed by atoms with E-state index in [0.717, 1.165) is 31.4 Å². The molecule has 1 nitrogen and oxygen atoms in total. The SMILES string of the molecule is Cc1ccc(CCCCCSc2cc(F)c(CN)cc2F)cc1. The van der Waals surface area contributed by atoms with Gasteiger partial charge in [-0.2, -0.15) is 0 Å². The molecule has 0 aromatic heterocycles. The number of aryl methyl sites for hydroxylation is 2. The van der Waals surface area contributed by atoms with Crippen LogP contribution in [0.1, 0.15) is 36.0 Å². The zero-order valence-corrected chi connectivity index (χ0v) is 14.3. The summed E-state index contributed by atoms with van der Waals surface area (Å²) < 4.78 is 27.4. The molecule has 0 radical (unpaired) electrons. The lowest BCUT2D eigenvalue weighted by molar-refractivity contribution is 0.565. The molecule has 2 aromatic carbocycles. The van der Waals surface area contributed by atoms with Crippen molar-refractivity contribution in [2.45, 2.75) is 44.0 Å². The van der Waals surface area contributed by atoms with Gasteiger partial charge in [-0.15, -0.1) is 11.8 Å². The number of rotatable bonds is 8. The molecule has 0 saturated carbocycles. The minimum atomic E-state index is -0.421. The molecule has 0 saturated heterocycles. The summed E-state index contributed by atoms with van der Waals surface area (Å²) in [7, 11) is 0.